The lowest BCUT2D eigenvalue weighted by Gasteiger charge is -2.29. The Bertz CT molecular complexity index is 1050. The van der Waals surface area contributed by atoms with Gasteiger partial charge in [-0.05, 0) is 69.2 Å². The number of hydrogen-bond acceptors (Lipinski definition) is 4. The number of carbonyl (C=O) groups excluding carboxylic acids is 1. The minimum Gasteiger partial charge on any atom is -0.464 e. The van der Waals surface area contributed by atoms with Gasteiger partial charge in [-0.3, -0.25) is 9.78 Å². The summed E-state index contributed by atoms with van der Waals surface area (Å²) in [6.45, 7) is 9.80. The number of halogens is 1. The number of pyridine rings is 2. The number of ether oxygens (including phenoxy) is 1. The maximum Gasteiger partial charge on any atom is 0.214 e. The quantitative estimate of drug-likeness (QED) is 0.372. The molecule has 32 heavy (non-hydrogen) atoms. The predicted molar refractivity (Wildman–Crippen MR) is 129 cm³/mol. The summed E-state index contributed by atoms with van der Waals surface area (Å²) in [5, 5.41) is 0.618. The van der Waals surface area contributed by atoms with Gasteiger partial charge in [-0.15, -0.1) is 0 Å². The molecular formula is C27H31ClN2O2. The van der Waals surface area contributed by atoms with E-state index in [1.165, 1.54) is 11.1 Å². The summed E-state index contributed by atoms with van der Waals surface area (Å²) in [5.41, 5.74) is 3.45. The normalized spacial score (nSPS) is 13.4. The number of carbonyl (C=O) groups is 1. The van der Waals surface area contributed by atoms with E-state index >= 15 is 0 Å². The van der Waals surface area contributed by atoms with Crippen molar-refractivity contribution in [3.05, 3.63) is 88.3 Å². The van der Waals surface area contributed by atoms with Gasteiger partial charge in [0.1, 0.15) is 0 Å². The fourth-order valence-electron chi connectivity index (χ4n) is 3.81. The molecule has 0 aliphatic heterocycles. The van der Waals surface area contributed by atoms with Crippen LogP contribution >= 0.6 is 11.6 Å². The molecule has 0 radical (unpaired) electrons. The van der Waals surface area contributed by atoms with Crippen LogP contribution in [0, 0.1) is 19.8 Å². The Hall–Kier alpha value is -2.72. The number of nitrogens with zero attached hydrogens (tertiary/aromatic N) is 2. The molecule has 5 heteroatoms. The topological polar surface area (TPSA) is 52.1 Å². The van der Waals surface area contributed by atoms with Gasteiger partial charge in [0.15, 0.2) is 11.4 Å². The van der Waals surface area contributed by atoms with Crippen LogP contribution in [0.2, 0.25) is 5.02 Å². The van der Waals surface area contributed by atoms with Gasteiger partial charge < -0.3 is 4.74 Å². The summed E-state index contributed by atoms with van der Waals surface area (Å²) < 4.78 is 5.97. The van der Waals surface area contributed by atoms with Crippen LogP contribution in [0.5, 0.6) is 5.88 Å². The highest BCUT2D eigenvalue weighted by Crippen LogP contribution is 2.33. The first-order valence-electron chi connectivity index (χ1n) is 11.0. The van der Waals surface area contributed by atoms with E-state index in [2.05, 4.69) is 48.1 Å². The third kappa shape index (κ3) is 6.39. The molecule has 0 fully saturated rings. The molecule has 2 unspecified atom stereocenters. The maximum absolute atomic E-state index is 13.3. The number of benzene rings is 1. The van der Waals surface area contributed by atoms with Gasteiger partial charge in [-0.1, -0.05) is 54.4 Å². The molecule has 0 amide bonds. The van der Waals surface area contributed by atoms with E-state index in [1.54, 1.807) is 18.5 Å². The van der Waals surface area contributed by atoms with Gasteiger partial charge in [0, 0.05) is 30.6 Å². The van der Waals surface area contributed by atoms with Crippen molar-refractivity contribution in [3.8, 4) is 5.88 Å². The standard InChI is InChI=1S/C27H31ClN2O2/c1-18-7-6-8-21(13-18)24(15-23-11-10-22(28)17-29-23)20(3)14-25(31)27(4,5)32-26-12-9-19(2)16-30-26/h6-13,16-17,20,24H,14-15H2,1-5H3. The van der Waals surface area contributed by atoms with Crippen molar-refractivity contribution in [2.45, 2.75) is 59.0 Å². The van der Waals surface area contributed by atoms with Crippen LogP contribution in [0.15, 0.2) is 60.9 Å². The molecule has 0 aliphatic carbocycles. The number of hydrogen-bond donors (Lipinski definition) is 0. The second kappa shape index (κ2) is 10.3. The summed E-state index contributed by atoms with van der Waals surface area (Å²) in [6.07, 6.45) is 4.54. The van der Waals surface area contributed by atoms with Crippen LogP contribution in [0.4, 0.5) is 0 Å². The van der Waals surface area contributed by atoms with Crippen LogP contribution in [-0.4, -0.2) is 21.4 Å². The third-order valence-electron chi connectivity index (χ3n) is 5.80. The molecular weight excluding hydrogens is 420 g/mol. The van der Waals surface area contributed by atoms with E-state index < -0.39 is 5.60 Å². The summed E-state index contributed by atoms with van der Waals surface area (Å²) >= 11 is 6.02. The molecule has 0 bridgehead atoms. The van der Waals surface area contributed by atoms with Crippen molar-refractivity contribution in [3.63, 3.8) is 0 Å². The zero-order chi connectivity index (χ0) is 23.3. The Morgan fingerprint density at radius 1 is 1.03 bits per heavy atom. The van der Waals surface area contributed by atoms with Crippen molar-refractivity contribution in [1.82, 2.24) is 9.97 Å². The molecule has 4 nitrogen and oxygen atoms in total. The van der Waals surface area contributed by atoms with E-state index in [4.69, 9.17) is 16.3 Å². The first kappa shape index (κ1) is 23.9. The van der Waals surface area contributed by atoms with Gasteiger partial charge in [0.25, 0.3) is 0 Å². The van der Waals surface area contributed by atoms with E-state index in [9.17, 15) is 4.79 Å². The van der Waals surface area contributed by atoms with Crippen molar-refractivity contribution in [2.24, 2.45) is 5.92 Å². The van der Waals surface area contributed by atoms with Gasteiger partial charge in [0.2, 0.25) is 5.88 Å². The lowest BCUT2D eigenvalue weighted by Crippen LogP contribution is -2.39. The Morgan fingerprint density at radius 3 is 2.44 bits per heavy atom. The van der Waals surface area contributed by atoms with Crippen LogP contribution in [0.1, 0.15) is 55.5 Å². The fraction of sp³-hybridized carbons (Fsp3) is 0.370. The van der Waals surface area contributed by atoms with Gasteiger partial charge in [-0.2, -0.15) is 0 Å². The van der Waals surface area contributed by atoms with Crippen molar-refractivity contribution in [1.29, 1.82) is 0 Å². The molecule has 0 saturated heterocycles. The van der Waals surface area contributed by atoms with Gasteiger partial charge >= 0.3 is 0 Å². The molecule has 168 valence electrons. The van der Waals surface area contributed by atoms with Gasteiger partial charge in [-0.25, -0.2) is 4.98 Å². The summed E-state index contributed by atoms with van der Waals surface area (Å²) in [7, 11) is 0. The van der Waals surface area contributed by atoms with E-state index in [-0.39, 0.29) is 17.6 Å². The summed E-state index contributed by atoms with van der Waals surface area (Å²) in [6, 6.07) is 16.0. The lowest BCUT2D eigenvalue weighted by atomic mass is 9.79. The van der Waals surface area contributed by atoms with Crippen LogP contribution in [0.25, 0.3) is 0 Å². The number of ketones is 1. The number of rotatable bonds is 9. The Balaban J connectivity index is 1.78. The first-order chi connectivity index (χ1) is 15.1. The predicted octanol–water partition coefficient (Wildman–Crippen LogP) is 6.53. The lowest BCUT2D eigenvalue weighted by molar-refractivity contribution is -0.133. The average Bonchev–Trinajstić information content (AvgIpc) is 2.74. The van der Waals surface area contributed by atoms with E-state index in [1.807, 2.05) is 39.0 Å². The van der Waals surface area contributed by atoms with Crippen LogP contribution < -0.4 is 4.74 Å². The van der Waals surface area contributed by atoms with E-state index in [0.717, 1.165) is 17.7 Å². The zero-order valence-corrected chi connectivity index (χ0v) is 20.2. The molecule has 2 heterocycles. The second-order valence-corrected chi connectivity index (χ2v) is 9.52. The minimum atomic E-state index is -0.966. The maximum atomic E-state index is 13.3. The highest BCUT2D eigenvalue weighted by molar-refractivity contribution is 6.30. The monoisotopic (exact) mass is 450 g/mol. The summed E-state index contributed by atoms with van der Waals surface area (Å²) in [5.74, 6) is 0.743. The average molecular weight is 451 g/mol. The largest absolute Gasteiger partial charge is 0.464 e. The van der Waals surface area contributed by atoms with Crippen molar-refractivity contribution in [2.75, 3.05) is 0 Å². The smallest absolute Gasteiger partial charge is 0.214 e. The summed E-state index contributed by atoms with van der Waals surface area (Å²) in [4.78, 5) is 22.0. The molecule has 0 aliphatic rings. The van der Waals surface area contributed by atoms with Crippen LogP contribution in [0.3, 0.4) is 0 Å². The van der Waals surface area contributed by atoms with E-state index in [0.29, 0.717) is 17.3 Å². The molecule has 0 spiro atoms. The number of aryl methyl sites for hydroxylation is 2. The third-order valence-corrected chi connectivity index (χ3v) is 6.02. The van der Waals surface area contributed by atoms with Crippen molar-refractivity contribution >= 4 is 17.4 Å². The van der Waals surface area contributed by atoms with Gasteiger partial charge in [0.05, 0.1) is 5.02 Å². The molecule has 3 rings (SSSR count). The highest BCUT2D eigenvalue weighted by atomic mass is 35.5. The minimum absolute atomic E-state index is 0.0501. The van der Waals surface area contributed by atoms with Crippen molar-refractivity contribution < 1.29 is 9.53 Å². The SMILES string of the molecule is Cc1ccc(OC(C)(C)C(=O)CC(C)C(Cc2ccc(Cl)cn2)c2cccc(C)c2)nc1. The molecule has 2 atom stereocenters. The zero-order valence-electron chi connectivity index (χ0n) is 19.4. The molecule has 0 saturated carbocycles. The van der Waals surface area contributed by atoms with Crippen LogP contribution in [-0.2, 0) is 11.2 Å². The molecule has 2 aromatic heterocycles. The molecule has 3 aromatic rings. The molecule has 0 N–H and O–H groups in total. The Kier molecular flexibility index (Phi) is 7.68. The molecule has 1 aromatic carbocycles. The number of aromatic nitrogens is 2. The number of Topliss-reactive ketones (excluding diaryl/α,β-unsaturated/α-hetero) is 1. The fourth-order valence-corrected chi connectivity index (χ4v) is 3.93. The highest BCUT2D eigenvalue weighted by Gasteiger charge is 2.33. The Labute approximate surface area is 196 Å². The second-order valence-electron chi connectivity index (χ2n) is 9.08. The first-order valence-corrected chi connectivity index (χ1v) is 11.3. The Morgan fingerprint density at radius 2 is 1.81 bits per heavy atom.